The van der Waals surface area contributed by atoms with Crippen molar-refractivity contribution in [1.82, 2.24) is 4.90 Å². The van der Waals surface area contributed by atoms with Gasteiger partial charge in [0.15, 0.2) is 0 Å². The van der Waals surface area contributed by atoms with Gasteiger partial charge < -0.3 is 24.6 Å². The molecule has 9 nitrogen and oxygen atoms in total. The topological polar surface area (TPSA) is 130 Å². The minimum atomic E-state index is -0.786. The van der Waals surface area contributed by atoms with E-state index >= 15 is 0 Å². The predicted octanol–water partition coefficient (Wildman–Crippen LogP) is 12.6. The normalized spacial score (nSPS) is 16.4. The van der Waals surface area contributed by atoms with Crippen molar-refractivity contribution in [2.45, 2.75) is 233 Å². The van der Waals surface area contributed by atoms with E-state index in [2.05, 4.69) is 32.7 Å². The fraction of sp³-hybridized carbons (Fsp3) is 0.917. The molecule has 0 saturated carbocycles. The summed E-state index contributed by atoms with van der Waals surface area (Å²) in [5.74, 6) is -2.84. The third kappa shape index (κ3) is 26.5. The van der Waals surface area contributed by atoms with Gasteiger partial charge in [0.05, 0.1) is 23.9 Å². The third-order valence-electron chi connectivity index (χ3n) is 12.7. The average molecular weight is 808 g/mol. The zero-order chi connectivity index (χ0) is 42.2. The van der Waals surface area contributed by atoms with Crippen LogP contribution in [0.15, 0.2) is 0 Å². The smallest absolute Gasteiger partial charge is 0.312 e. The summed E-state index contributed by atoms with van der Waals surface area (Å²) in [7, 11) is 2.10. The van der Waals surface area contributed by atoms with Crippen LogP contribution in [0.25, 0.3) is 0 Å². The first-order chi connectivity index (χ1) is 27.4. The minimum Gasteiger partial charge on any atom is -0.481 e. The van der Waals surface area contributed by atoms with E-state index in [9.17, 15) is 29.4 Å². The van der Waals surface area contributed by atoms with Crippen LogP contribution in [0.3, 0.4) is 0 Å². The number of rotatable bonds is 38. The molecule has 1 rings (SSSR count). The van der Waals surface area contributed by atoms with Crippen molar-refractivity contribution in [2.75, 3.05) is 26.7 Å². The van der Waals surface area contributed by atoms with Gasteiger partial charge in [-0.15, -0.1) is 0 Å². The molecule has 1 heterocycles. The number of carboxylic acid groups (broad SMARTS) is 2. The lowest BCUT2D eigenvalue weighted by molar-refractivity contribution is -0.164. The second-order valence-corrected chi connectivity index (χ2v) is 18.1. The number of carbonyl (C=O) groups excluding carboxylic acids is 2. The zero-order valence-corrected chi connectivity index (χ0v) is 37.6. The average Bonchev–Trinajstić information content (AvgIpc) is 3.18. The molecule has 57 heavy (non-hydrogen) atoms. The molecule has 3 atom stereocenters. The third-order valence-corrected chi connectivity index (χ3v) is 12.7. The molecule has 1 saturated heterocycles. The Balaban J connectivity index is 2.64. The highest BCUT2D eigenvalue weighted by atomic mass is 16.5. The maximum Gasteiger partial charge on any atom is 0.312 e. The second-order valence-electron chi connectivity index (χ2n) is 18.1. The molecule has 3 unspecified atom stereocenters. The number of likely N-dealkylation sites (tertiary alicyclic amines) is 1. The zero-order valence-electron chi connectivity index (χ0n) is 37.6. The molecule has 0 spiro atoms. The number of aliphatic carboxylic acids is 2. The second kappa shape index (κ2) is 33.6. The first kappa shape index (κ1) is 52.9. The van der Waals surface area contributed by atoms with E-state index in [1.165, 1.54) is 51.4 Å². The summed E-state index contributed by atoms with van der Waals surface area (Å²) in [6.07, 6.45) is 29.0. The Hall–Kier alpha value is -2.16. The number of piperidine rings is 1. The summed E-state index contributed by atoms with van der Waals surface area (Å²) in [6, 6.07) is 0. The number of carbonyl (C=O) groups is 4. The summed E-state index contributed by atoms with van der Waals surface area (Å²) in [5.41, 5.74) is -0.444. The molecule has 0 bridgehead atoms. The van der Waals surface area contributed by atoms with E-state index in [-0.39, 0.29) is 30.4 Å². The lowest BCUT2D eigenvalue weighted by Gasteiger charge is -2.36. The van der Waals surface area contributed by atoms with Gasteiger partial charge in [0.2, 0.25) is 0 Å². The molecular weight excluding hydrogens is 719 g/mol. The van der Waals surface area contributed by atoms with E-state index in [0.717, 1.165) is 103 Å². The number of hydrogen-bond acceptors (Lipinski definition) is 7. The van der Waals surface area contributed by atoms with Crippen molar-refractivity contribution in [2.24, 2.45) is 23.2 Å². The van der Waals surface area contributed by atoms with Gasteiger partial charge in [0.25, 0.3) is 0 Å². The van der Waals surface area contributed by atoms with Gasteiger partial charge in [-0.1, -0.05) is 143 Å². The molecule has 0 radical (unpaired) electrons. The van der Waals surface area contributed by atoms with Crippen LogP contribution in [0.4, 0.5) is 0 Å². The van der Waals surface area contributed by atoms with Gasteiger partial charge in [-0.05, 0) is 104 Å². The SMILES string of the molecule is CCCCCCCCCCCCC(CCCOC(=O)CCCCC(CC(CCCCCC)C(=O)O)CC(CCCCCC)C(=O)O)OC(=O)C1(C)CCN(C)CC1. The fourth-order valence-corrected chi connectivity index (χ4v) is 8.46. The van der Waals surface area contributed by atoms with Gasteiger partial charge >= 0.3 is 23.9 Å². The van der Waals surface area contributed by atoms with Crippen molar-refractivity contribution >= 4 is 23.9 Å². The molecule has 334 valence electrons. The molecule has 0 aromatic carbocycles. The first-order valence-electron chi connectivity index (χ1n) is 24.0. The molecule has 0 aromatic rings. The fourth-order valence-electron chi connectivity index (χ4n) is 8.46. The van der Waals surface area contributed by atoms with Crippen LogP contribution < -0.4 is 0 Å². The highest BCUT2D eigenvalue weighted by molar-refractivity contribution is 5.76. The van der Waals surface area contributed by atoms with E-state index in [0.29, 0.717) is 58.0 Å². The van der Waals surface area contributed by atoms with Crippen LogP contribution in [0, 0.1) is 23.2 Å². The Morgan fingerprint density at radius 3 is 1.49 bits per heavy atom. The van der Waals surface area contributed by atoms with Gasteiger partial charge in [-0.3, -0.25) is 19.2 Å². The first-order valence-corrected chi connectivity index (χ1v) is 24.0. The van der Waals surface area contributed by atoms with Crippen molar-refractivity contribution < 1.29 is 38.9 Å². The summed E-state index contributed by atoms with van der Waals surface area (Å²) < 4.78 is 11.8. The molecule has 0 amide bonds. The van der Waals surface area contributed by atoms with Crippen molar-refractivity contribution in [1.29, 1.82) is 0 Å². The van der Waals surface area contributed by atoms with Crippen molar-refractivity contribution in [3.63, 3.8) is 0 Å². The van der Waals surface area contributed by atoms with Gasteiger partial charge in [0.1, 0.15) is 6.10 Å². The number of unbranched alkanes of at least 4 members (excludes halogenated alkanes) is 16. The molecule has 1 aliphatic heterocycles. The van der Waals surface area contributed by atoms with Crippen LogP contribution in [0.5, 0.6) is 0 Å². The lowest BCUT2D eigenvalue weighted by Crippen LogP contribution is -2.42. The predicted molar refractivity (Wildman–Crippen MR) is 232 cm³/mol. The standard InChI is InChI=1S/C48H89NO8/c1-6-9-12-15-16-17-18-19-20-23-30-43(57-47(55)48(4)33-35-49(5)36-34-48)31-26-37-56-44(50)32-25-24-27-40(38-41(45(51)52)28-21-13-10-7-2)39-42(46(53)54)29-22-14-11-8-3/h40-43H,6-39H2,1-5H3,(H,51,52)(H,53,54). The van der Waals surface area contributed by atoms with Crippen molar-refractivity contribution in [3.8, 4) is 0 Å². The van der Waals surface area contributed by atoms with Gasteiger partial charge in [-0.2, -0.15) is 0 Å². The van der Waals surface area contributed by atoms with Crippen LogP contribution in [0.2, 0.25) is 0 Å². The van der Waals surface area contributed by atoms with E-state index < -0.39 is 29.2 Å². The maximum atomic E-state index is 13.4. The molecular formula is C48H89NO8. The van der Waals surface area contributed by atoms with E-state index in [1.54, 1.807) is 0 Å². The highest BCUT2D eigenvalue weighted by Crippen LogP contribution is 2.34. The van der Waals surface area contributed by atoms with Gasteiger partial charge in [-0.25, -0.2) is 0 Å². The Bertz CT molecular complexity index is 1010. The number of esters is 2. The lowest BCUT2D eigenvalue weighted by atomic mass is 9.80. The summed E-state index contributed by atoms with van der Waals surface area (Å²) in [5, 5.41) is 20.1. The molecule has 9 heteroatoms. The number of hydrogen-bond donors (Lipinski definition) is 2. The maximum absolute atomic E-state index is 13.4. The number of carboxylic acids is 2. The molecule has 1 aliphatic rings. The Morgan fingerprint density at radius 2 is 1.00 bits per heavy atom. The minimum absolute atomic E-state index is 0.00691. The Morgan fingerprint density at radius 1 is 0.579 bits per heavy atom. The molecule has 2 N–H and O–H groups in total. The molecule has 0 aliphatic carbocycles. The van der Waals surface area contributed by atoms with Gasteiger partial charge in [0, 0.05) is 6.42 Å². The van der Waals surface area contributed by atoms with Crippen LogP contribution in [-0.2, 0) is 28.7 Å². The quantitative estimate of drug-likeness (QED) is 0.0462. The molecule has 1 fully saturated rings. The number of ether oxygens (including phenoxy) is 2. The highest BCUT2D eigenvalue weighted by Gasteiger charge is 2.38. The van der Waals surface area contributed by atoms with E-state index in [1.807, 2.05) is 6.92 Å². The van der Waals surface area contributed by atoms with Crippen LogP contribution >= 0.6 is 0 Å². The van der Waals surface area contributed by atoms with E-state index in [4.69, 9.17) is 9.47 Å². The van der Waals surface area contributed by atoms with Crippen molar-refractivity contribution in [3.05, 3.63) is 0 Å². The summed E-state index contributed by atoms with van der Waals surface area (Å²) >= 11 is 0. The Kier molecular flexibility index (Phi) is 31.2. The molecule has 0 aromatic heterocycles. The summed E-state index contributed by atoms with van der Waals surface area (Å²) in [4.78, 5) is 52.9. The largest absolute Gasteiger partial charge is 0.481 e. The summed E-state index contributed by atoms with van der Waals surface area (Å²) in [6.45, 7) is 10.7. The Labute approximate surface area is 349 Å². The monoisotopic (exact) mass is 808 g/mol. The van der Waals surface area contributed by atoms with Crippen LogP contribution in [0.1, 0.15) is 227 Å². The number of nitrogens with zero attached hydrogens (tertiary/aromatic N) is 1. The van der Waals surface area contributed by atoms with Crippen LogP contribution in [-0.4, -0.2) is 71.8 Å².